The predicted molar refractivity (Wildman–Crippen MR) is 96.3 cm³/mol. The average Bonchev–Trinajstić information content (AvgIpc) is 2.62. The molecule has 2 aromatic rings. The van der Waals surface area contributed by atoms with Gasteiger partial charge in [0.05, 0.1) is 0 Å². The van der Waals surface area contributed by atoms with Crippen LogP contribution in [0.25, 0.3) is 0 Å². The van der Waals surface area contributed by atoms with Crippen LogP contribution in [0, 0.1) is 6.92 Å². The first kappa shape index (κ1) is 17.9. The second-order valence-electron chi connectivity index (χ2n) is 5.56. The van der Waals surface area contributed by atoms with Crippen LogP contribution in [0.15, 0.2) is 36.4 Å². The van der Waals surface area contributed by atoms with Crippen LogP contribution in [0.2, 0.25) is 5.02 Å². The highest BCUT2D eigenvalue weighted by Crippen LogP contribution is 2.32. The minimum Gasteiger partial charge on any atom is -0.486 e. The van der Waals surface area contributed by atoms with Crippen LogP contribution in [0.1, 0.15) is 5.56 Å². The molecule has 1 heterocycles. The molecular formula is C18H17ClN2O5. The Hall–Kier alpha value is -2.93. The van der Waals surface area contributed by atoms with Crippen molar-refractivity contribution in [3.05, 3.63) is 47.0 Å². The lowest BCUT2D eigenvalue weighted by molar-refractivity contribution is -0.121. The van der Waals surface area contributed by atoms with E-state index in [1.54, 1.807) is 36.4 Å². The number of carbonyl (C=O) groups is 2. The first-order chi connectivity index (χ1) is 12.5. The van der Waals surface area contributed by atoms with Gasteiger partial charge in [-0.1, -0.05) is 11.6 Å². The summed E-state index contributed by atoms with van der Waals surface area (Å²) >= 11 is 5.93. The predicted octanol–water partition coefficient (Wildman–Crippen LogP) is 3.15. The third-order valence-corrected chi connectivity index (χ3v) is 3.98. The van der Waals surface area contributed by atoms with Crippen LogP contribution in [0.3, 0.4) is 0 Å². The van der Waals surface area contributed by atoms with E-state index >= 15 is 0 Å². The van der Waals surface area contributed by atoms with Crippen molar-refractivity contribution in [3.8, 4) is 17.2 Å². The van der Waals surface area contributed by atoms with Crippen LogP contribution >= 0.6 is 11.6 Å². The fourth-order valence-corrected chi connectivity index (χ4v) is 2.42. The summed E-state index contributed by atoms with van der Waals surface area (Å²) in [5.41, 5.74) is 1.31. The van der Waals surface area contributed by atoms with E-state index in [0.717, 1.165) is 5.56 Å². The molecule has 8 heteroatoms. The van der Waals surface area contributed by atoms with Crippen molar-refractivity contribution in [1.29, 1.82) is 0 Å². The molecule has 2 N–H and O–H groups in total. The van der Waals surface area contributed by atoms with Crippen molar-refractivity contribution in [1.82, 2.24) is 5.32 Å². The Bertz CT molecular complexity index is 840. The van der Waals surface area contributed by atoms with E-state index < -0.39 is 11.9 Å². The number of ether oxygens (including phenoxy) is 3. The summed E-state index contributed by atoms with van der Waals surface area (Å²) in [6, 6.07) is 9.36. The summed E-state index contributed by atoms with van der Waals surface area (Å²) < 4.78 is 16.2. The molecular weight excluding hydrogens is 360 g/mol. The van der Waals surface area contributed by atoms with Gasteiger partial charge in [0, 0.05) is 16.8 Å². The Morgan fingerprint density at radius 1 is 1.12 bits per heavy atom. The van der Waals surface area contributed by atoms with Gasteiger partial charge in [0.2, 0.25) is 0 Å². The van der Waals surface area contributed by atoms with E-state index in [-0.39, 0.29) is 6.61 Å². The Morgan fingerprint density at radius 3 is 2.65 bits per heavy atom. The Morgan fingerprint density at radius 2 is 1.88 bits per heavy atom. The summed E-state index contributed by atoms with van der Waals surface area (Å²) in [4.78, 5) is 23.7. The van der Waals surface area contributed by atoms with E-state index in [1.807, 2.05) is 6.92 Å². The second-order valence-corrected chi connectivity index (χ2v) is 5.97. The molecule has 0 saturated heterocycles. The molecule has 0 unspecified atom stereocenters. The average molecular weight is 377 g/mol. The quantitative estimate of drug-likeness (QED) is 0.856. The summed E-state index contributed by atoms with van der Waals surface area (Å²) in [7, 11) is 0. The molecule has 0 fully saturated rings. The lowest BCUT2D eigenvalue weighted by Gasteiger charge is -2.19. The zero-order valence-corrected chi connectivity index (χ0v) is 14.8. The monoisotopic (exact) mass is 376 g/mol. The first-order valence-corrected chi connectivity index (χ1v) is 8.28. The molecule has 3 rings (SSSR count). The van der Waals surface area contributed by atoms with E-state index in [0.29, 0.717) is 41.2 Å². The number of halogens is 1. The number of hydrogen-bond donors (Lipinski definition) is 2. The van der Waals surface area contributed by atoms with Crippen LogP contribution in [0.4, 0.5) is 10.5 Å². The number of urea groups is 1. The molecule has 1 aliphatic heterocycles. The third kappa shape index (κ3) is 4.58. The van der Waals surface area contributed by atoms with E-state index in [2.05, 4.69) is 10.6 Å². The Balaban J connectivity index is 1.49. The molecule has 1 aliphatic rings. The summed E-state index contributed by atoms with van der Waals surface area (Å²) in [6.07, 6.45) is 0. The third-order valence-electron chi connectivity index (χ3n) is 3.55. The number of anilines is 1. The van der Waals surface area contributed by atoms with Crippen molar-refractivity contribution in [2.45, 2.75) is 6.92 Å². The van der Waals surface area contributed by atoms with Gasteiger partial charge in [-0.2, -0.15) is 0 Å². The molecule has 0 aliphatic carbocycles. The minimum absolute atomic E-state index is 0.296. The van der Waals surface area contributed by atoms with Crippen molar-refractivity contribution in [2.24, 2.45) is 0 Å². The maximum absolute atomic E-state index is 11.9. The number of nitrogens with one attached hydrogen (secondary N) is 2. The number of fused-ring (bicyclic) bond motifs is 1. The number of benzene rings is 2. The van der Waals surface area contributed by atoms with E-state index in [9.17, 15) is 9.59 Å². The van der Waals surface area contributed by atoms with Crippen LogP contribution in [-0.4, -0.2) is 31.8 Å². The van der Waals surface area contributed by atoms with Crippen molar-refractivity contribution in [3.63, 3.8) is 0 Å². The molecule has 7 nitrogen and oxygen atoms in total. The normalized spacial score (nSPS) is 12.2. The molecule has 0 saturated carbocycles. The summed E-state index contributed by atoms with van der Waals surface area (Å²) in [5.74, 6) is 1.08. The number of aryl methyl sites for hydroxylation is 1. The van der Waals surface area contributed by atoms with Gasteiger partial charge in [0.15, 0.2) is 18.1 Å². The van der Waals surface area contributed by atoms with Gasteiger partial charge in [0.25, 0.3) is 5.91 Å². The smallest absolute Gasteiger partial charge is 0.325 e. The number of amides is 3. The highest BCUT2D eigenvalue weighted by Gasteiger charge is 2.14. The SMILES string of the molecule is Cc1cc(OCC(=O)NC(=O)Nc2ccc3c(c2)OCCO3)ccc1Cl. The molecule has 3 amide bonds. The Kier molecular flexibility index (Phi) is 5.48. The molecule has 2 aromatic carbocycles. The lowest BCUT2D eigenvalue weighted by atomic mass is 10.2. The van der Waals surface area contributed by atoms with E-state index in [1.165, 1.54) is 0 Å². The van der Waals surface area contributed by atoms with Crippen LogP contribution in [-0.2, 0) is 4.79 Å². The lowest BCUT2D eigenvalue weighted by Crippen LogP contribution is -2.37. The van der Waals surface area contributed by atoms with Crippen molar-refractivity contribution >= 4 is 29.2 Å². The molecule has 0 aromatic heterocycles. The number of carbonyl (C=O) groups excluding carboxylic acids is 2. The fraction of sp³-hybridized carbons (Fsp3) is 0.222. The first-order valence-electron chi connectivity index (χ1n) is 7.91. The van der Waals surface area contributed by atoms with Crippen LogP contribution < -0.4 is 24.8 Å². The highest BCUT2D eigenvalue weighted by molar-refractivity contribution is 6.31. The summed E-state index contributed by atoms with van der Waals surface area (Å²) in [6.45, 7) is 2.47. The van der Waals surface area contributed by atoms with E-state index in [4.69, 9.17) is 25.8 Å². The number of imide groups is 1. The number of rotatable bonds is 4. The molecule has 136 valence electrons. The topological polar surface area (TPSA) is 85.9 Å². The van der Waals surface area contributed by atoms with Gasteiger partial charge < -0.3 is 19.5 Å². The summed E-state index contributed by atoms with van der Waals surface area (Å²) in [5, 5.41) is 5.36. The van der Waals surface area contributed by atoms with Gasteiger partial charge in [-0.15, -0.1) is 0 Å². The maximum Gasteiger partial charge on any atom is 0.325 e. The van der Waals surface area contributed by atoms with Gasteiger partial charge in [-0.05, 0) is 42.8 Å². The van der Waals surface area contributed by atoms with Crippen LogP contribution in [0.5, 0.6) is 17.2 Å². The largest absolute Gasteiger partial charge is 0.486 e. The zero-order valence-electron chi connectivity index (χ0n) is 14.0. The second kappa shape index (κ2) is 7.97. The Labute approximate surface area is 155 Å². The fourth-order valence-electron chi connectivity index (χ4n) is 2.30. The minimum atomic E-state index is -0.664. The number of hydrogen-bond acceptors (Lipinski definition) is 5. The molecule has 0 bridgehead atoms. The highest BCUT2D eigenvalue weighted by atomic mass is 35.5. The molecule has 0 atom stereocenters. The zero-order chi connectivity index (χ0) is 18.5. The molecule has 0 radical (unpaired) electrons. The molecule has 0 spiro atoms. The standard InChI is InChI=1S/C18H17ClN2O5/c1-11-8-13(3-4-14(11)19)26-10-17(22)21-18(23)20-12-2-5-15-16(9-12)25-7-6-24-15/h2-5,8-9H,6-7,10H2,1H3,(H2,20,21,22,23). The van der Waals surface area contributed by atoms with Gasteiger partial charge >= 0.3 is 6.03 Å². The van der Waals surface area contributed by atoms with Gasteiger partial charge in [-0.25, -0.2) is 4.79 Å². The van der Waals surface area contributed by atoms with Crippen molar-refractivity contribution < 1.29 is 23.8 Å². The molecule has 26 heavy (non-hydrogen) atoms. The maximum atomic E-state index is 11.9. The van der Waals surface area contributed by atoms with Crippen molar-refractivity contribution in [2.75, 3.05) is 25.1 Å². The van der Waals surface area contributed by atoms with Gasteiger partial charge in [-0.3, -0.25) is 10.1 Å². The van der Waals surface area contributed by atoms with Gasteiger partial charge in [0.1, 0.15) is 19.0 Å².